The maximum atomic E-state index is 12.3. The van der Waals surface area contributed by atoms with Crippen LogP contribution in [0.1, 0.15) is 21.0 Å². The van der Waals surface area contributed by atoms with Crippen molar-refractivity contribution in [2.45, 2.75) is 0 Å². The summed E-state index contributed by atoms with van der Waals surface area (Å²) in [4.78, 5) is 27.6. The number of benzene rings is 1. The number of piperazine rings is 1. The first-order valence-electron chi connectivity index (χ1n) is 8.45. The van der Waals surface area contributed by atoms with Crippen LogP contribution in [0.5, 0.6) is 0 Å². The van der Waals surface area contributed by atoms with Gasteiger partial charge in [-0.25, -0.2) is 4.79 Å². The van der Waals surface area contributed by atoms with Gasteiger partial charge in [-0.15, -0.1) is 0 Å². The number of aromatic carboxylic acids is 1. The highest BCUT2D eigenvalue weighted by molar-refractivity contribution is 5.95. The molecule has 0 atom stereocenters. The highest BCUT2D eigenvalue weighted by atomic mass is 16.4. The van der Waals surface area contributed by atoms with Crippen molar-refractivity contribution in [3.8, 4) is 0 Å². The van der Waals surface area contributed by atoms with Gasteiger partial charge in [-0.1, -0.05) is 0 Å². The molecule has 0 radical (unpaired) electrons. The Morgan fingerprint density at radius 2 is 1.85 bits per heavy atom. The maximum Gasteiger partial charge on any atom is 0.352 e. The average molecular weight is 353 g/mol. The Kier molecular flexibility index (Phi) is 3.91. The Balaban J connectivity index is 1.51. The van der Waals surface area contributed by atoms with Crippen LogP contribution >= 0.6 is 0 Å². The van der Waals surface area contributed by atoms with Gasteiger partial charge in [-0.2, -0.15) is 0 Å². The predicted molar refractivity (Wildman–Crippen MR) is 96.7 cm³/mol. The number of hydrogen-bond acceptors (Lipinski definition) is 4. The van der Waals surface area contributed by atoms with Gasteiger partial charge in [0.15, 0.2) is 5.76 Å². The van der Waals surface area contributed by atoms with Gasteiger partial charge in [-0.05, 0) is 36.4 Å². The molecule has 0 spiro atoms. The number of carbonyl (C=O) groups is 2. The first-order valence-corrected chi connectivity index (χ1v) is 8.45. The van der Waals surface area contributed by atoms with Crippen LogP contribution in [0.15, 0.2) is 47.1 Å². The second kappa shape index (κ2) is 6.25. The van der Waals surface area contributed by atoms with E-state index in [0.29, 0.717) is 18.8 Å². The first kappa shape index (κ1) is 16.3. The molecule has 3 heterocycles. The summed E-state index contributed by atoms with van der Waals surface area (Å²) in [5.74, 6) is -0.653. The fraction of sp³-hybridized carbons (Fsp3) is 0.263. The van der Waals surface area contributed by atoms with Crippen molar-refractivity contribution in [1.82, 2.24) is 9.47 Å². The average Bonchev–Trinajstić information content (AvgIpc) is 3.29. The van der Waals surface area contributed by atoms with Crippen LogP contribution in [0.2, 0.25) is 0 Å². The van der Waals surface area contributed by atoms with E-state index in [0.717, 1.165) is 29.7 Å². The minimum atomic E-state index is -0.935. The van der Waals surface area contributed by atoms with Crippen molar-refractivity contribution in [3.63, 3.8) is 0 Å². The van der Waals surface area contributed by atoms with Gasteiger partial charge in [-0.3, -0.25) is 4.79 Å². The van der Waals surface area contributed by atoms with Gasteiger partial charge >= 0.3 is 5.97 Å². The molecule has 0 bridgehead atoms. The van der Waals surface area contributed by atoms with E-state index in [4.69, 9.17) is 4.42 Å². The molecule has 0 saturated carbocycles. The molecule has 0 aliphatic carbocycles. The summed E-state index contributed by atoms with van der Waals surface area (Å²) in [5.41, 5.74) is 2.19. The lowest BCUT2D eigenvalue weighted by molar-refractivity contribution is 0.0684. The van der Waals surface area contributed by atoms with Crippen LogP contribution in [0, 0.1) is 0 Å². The molecular formula is C19H19N3O4. The molecule has 7 nitrogen and oxygen atoms in total. The van der Waals surface area contributed by atoms with Crippen molar-refractivity contribution >= 4 is 28.5 Å². The zero-order chi connectivity index (χ0) is 18.3. The summed E-state index contributed by atoms with van der Waals surface area (Å²) in [6.07, 6.45) is 1.50. The summed E-state index contributed by atoms with van der Waals surface area (Å²) >= 11 is 0. The molecule has 1 aliphatic heterocycles. The normalized spacial score (nSPS) is 14.8. The molecule has 1 fully saturated rings. The van der Waals surface area contributed by atoms with Gasteiger partial charge in [0.2, 0.25) is 0 Å². The summed E-state index contributed by atoms with van der Waals surface area (Å²) in [6.45, 7) is 2.67. The quantitative estimate of drug-likeness (QED) is 0.782. The molecule has 4 rings (SSSR count). The van der Waals surface area contributed by atoms with Gasteiger partial charge in [0, 0.05) is 49.8 Å². The van der Waals surface area contributed by atoms with Crippen LogP contribution in [-0.2, 0) is 7.05 Å². The topological polar surface area (TPSA) is 78.9 Å². The standard InChI is InChI=1S/C19H19N3O4/c1-20-15-5-4-14(11-13(15)12-16(20)19(24)25)21-6-8-22(9-7-21)18(23)17-3-2-10-26-17/h2-5,10-12H,6-9H2,1H3,(H,24,25). The Morgan fingerprint density at radius 1 is 1.08 bits per heavy atom. The van der Waals surface area contributed by atoms with E-state index >= 15 is 0 Å². The molecule has 1 aromatic carbocycles. The molecule has 1 aliphatic rings. The highest BCUT2D eigenvalue weighted by Crippen LogP contribution is 2.26. The number of nitrogens with zero attached hydrogens (tertiary/aromatic N) is 3. The SMILES string of the molecule is Cn1c(C(=O)O)cc2cc(N3CCN(C(=O)c4ccco4)CC3)ccc21. The lowest BCUT2D eigenvalue weighted by atomic mass is 10.2. The maximum absolute atomic E-state index is 12.3. The van der Waals surface area contributed by atoms with Crippen LogP contribution in [0.25, 0.3) is 10.9 Å². The van der Waals surface area contributed by atoms with Crippen LogP contribution in [-0.4, -0.2) is 52.6 Å². The molecular weight excluding hydrogens is 334 g/mol. The molecule has 7 heteroatoms. The van der Waals surface area contributed by atoms with E-state index in [-0.39, 0.29) is 11.6 Å². The van der Waals surface area contributed by atoms with Gasteiger partial charge in [0.25, 0.3) is 5.91 Å². The number of carboxylic acid groups (broad SMARTS) is 1. The number of aryl methyl sites for hydroxylation is 1. The fourth-order valence-electron chi connectivity index (χ4n) is 3.46. The monoisotopic (exact) mass is 353 g/mol. The van der Waals surface area contributed by atoms with Crippen molar-refractivity contribution in [3.05, 3.63) is 54.1 Å². The predicted octanol–water partition coefficient (Wildman–Crippen LogP) is 2.43. The molecule has 1 saturated heterocycles. The van der Waals surface area contributed by atoms with Crippen LogP contribution in [0.4, 0.5) is 5.69 Å². The summed E-state index contributed by atoms with van der Waals surface area (Å²) in [7, 11) is 1.75. The zero-order valence-electron chi connectivity index (χ0n) is 14.4. The minimum absolute atomic E-state index is 0.0840. The molecule has 2 aromatic heterocycles. The van der Waals surface area contributed by atoms with E-state index in [9.17, 15) is 14.7 Å². The number of carboxylic acids is 1. The highest BCUT2D eigenvalue weighted by Gasteiger charge is 2.24. The van der Waals surface area contributed by atoms with E-state index in [1.807, 2.05) is 18.2 Å². The second-order valence-corrected chi connectivity index (χ2v) is 6.39. The molecule has 1 N–H and O–H groups in total. The van der Waals surface area contributed by atoms with Gasteiger partial charge in [0.05, 0.1) is 6.26 Å². The van der Waals surface area contributed by atoms with Crippen LogP contribution < -0.4 is 4.90 Å². The number of anilines is 1. The van der Waals surface area contributed by atoms with Crippen molar-refractivity contribution in [1.29, 1.82) is 0 Å². The van der Waals surface area contributed by atoms with E-state index in [2.05, 4.69) is 4.90 Å². The molecule has 134 valence electrons. The van der Waals surface area contributed by atoms with Gasteiger partial charge < -0.3 is 23.9 Å². The number of furan rings is 1. The molecule has 0 unspecified atom stereocenters. The fourth-order valence-corrected chi connectivity index (χ4v) is 3.46. The Bertz CT molecular complexity index is 966. The summed E-state index contributed by atoms with van der Waals surface area (Å²) in [5, 5.41) is 10.2. The minimum Gasteiger partial charge on any atom is -0.477 e. The van der Waals surface area contributed by atoms with Crippen molar-refractivity contribution in [2.75, 3.05) is 31.1 Å². The van der Waals surface area contributed by atoms with E-state index < -0.39 is 5.97 Å². The Morgan fingerprint density at radius 3 is 2.50 bits per heavy atom. The Labute approximate surface area is 150 Å². The van der Waals surface area contributed by atoms with Crippen LogP contribution in [0.3, 0.4) is 0 Å². The molecule has 26 heavy (non-hydrogen) atoms. The first-order chi connectivity index (χ1) is 12.5. The third-order valence-corrected chi connectivity index (χ3v) is 4.91. The smallest absolute Gasteiger partial charge is 0.352 e. The molecule has 1 amide bonds. The number of rotatable bonds is 3. The lowest BCUT2D eigenvalue weighted by Crippen LogP contribution is -2.48. The second-order valence-electron chi connectivity index (χ2n) is 6.39. The molecule has 3 aromatic rings. The largest absolute Gasteiger partial charge is 0.477 e. The summed E-state index contributed by atoms with van der Waals surface area (Å²) < 4.78 is 6.87. The number of amides is 1. The Hall–Kier alpha value is -3.22. The van der Waals surface area contributed by atoms with Gasteiger partial charge in [0.1, 0.15) is 5.69 Å². The van der Waals surface area contributed by atoms with E-state index in [1.54, 1.807) is 34.7 Å². The summed E-state index contributed by atoms with van der Waals surface area (Å²) in [6, 6.07) is 11.0. The number of aromatic nitrogens is 1. The third-order valence-electron chi connectivity index (χ3n) is 4.91. The van der Waals surface area contributed by atoms with E-state index in [1.165, 1.54) is 6.26 Å². The number of hydrogen-bond donors (Lipinski definition) is 1. The zero-order valence-corrected chi connectivity index (χ0v) is 14.4. The van der Waals surface area contributed by atoms with Crippen molar-refractivity contribution < 1.29 is 19.1 Å². The number of fused-ring (bicyclic) bond motifs is 1. The number of carbonyl (C=O) groups excluding carboxylic acids is 1. The van der Waals surface area contributed by atoms with Crippen molar-refractivity contribution in [2.24, 2.45) is 7.05 Å². The lowest BCUT2D eigenvalue weighted by Gasteiger charge is -2.35. The third kappa shape index (κ3) is 2.71.